The lowest BCUT2D eigenvalue weighted by atomic mass is 10.1. The molecule has 5 nitrogen and oxygen atoms in total. The Labute approximate surface area is 104 Å². The molecule has 1 aromatic carbocycles. The fraction of sp³-hybridized carbons (Fsp3) is 0.364. The predicted molar refractivity (Wildman–Crippen MR) is 65.3 cm³/mol. The Morgan fingerprint density at radius 3 is 2.53 bits per heavy atom. The van der Waals surface area contributed by atoms with Crippen LogP contribution in [0.4, 0.5) is 5.69 Å². The zero-order chi connectivity index (χ0) is 13.2. The van der Waals surface area contributed by atoms with Crippen molar-refractivity contribution in [1.82, 2.24) is 4.90 Å². The lowest BCUT2D eigenvalue weighted by Gasteiger charge is -2.21. The van der Waals surface area contributed by atoms with Gasteiger partial charge in [0.2, 0.25) is 0 Å². The zero-order valence-corrected chi connectivity index (χ0v) is 10.6. The Bertz CT molecular complexity index is 460. The summed E-state index contributed by atoms with van der Waals surface area (Å²) in [5.41, 5.74) is 0.00646. The van der Waals surface area contributed by atoms with Crippen molar-refractivity contribution >= 4 is 23.2 Å². The first kappa shape index (κ1) is 13.4. The van der Waals surface area contributed by atoms with Crippen molar-refractivity contribution < 1.29 is 9.72 Å². The number of hydrogen-bond acceptors (Lipinski definition) is 3. The molecule has 17 heavy (non-hydrogen) atoms. The molecule has 0 aliphatic carbocycles. The van der Waals surface area contributed by atoms with E-state index >= 15 is 0 Å². The standard InChI is InChI=1S/C11H13ClN2O3/c1-7(2)13(3)11(15)8-4-5-9(12)10(6-8)14(16)17/h4-7H,1-3H3. The average molecular weight is 257 g/mol. The number of nitro groups is 1. The molecule has 0 fully saturated rings. The van der Waals surface area contributed by atoms with Crippen molar-refractivity contribution in [1.29, 1.82) is 0 Å². The summed E-state index contributed by atoms with van der Waals surface area (Å²) in [5, 5.41) is 10.7. The maximum absolute atomic E-state index is 11.9. The quantitative estimate of drug-likeness (QED) is 0.617. The van der Waals surface area contributed by atoms with Crippen LogP contribution in [-0.2, 0) is 0 Å². The molecule has 0 aliphatic rings. The molecular weight excluding hydrogens is 244 g/mol. The van der Waals surface area contributed by atoms with Crippen LogP contribution in [0.25, 0.3) is 0 Å². The van der Waals surface area contributed by atoms with E-state index in [-0.39, 0.29) is 28.2 Å². The van der Waals surface area contributed by atoms with Crippen LogP contribution in [0.1, 0.15) is 24.2 Å². The minimum atomic E-state index is -0.603. The maximum atomic E-state index is 11.9. The van der Waals surface area contributed by atoms with Crippen LogP contribution in [0.5, 0.6) is 0 Å². The van der Waals surface area contributed by atoms with Crippen molar-refractivity contribution in [3.05, 3.63) is 38.9 Å². The van der Waals surface area contributed by atoms with Gasteiger partial charge in [-0.1, -0.05) is 11.6 Å². The Morgan fingerprint density at radius 1 is 1.47 bits per heavy atom. The monoisotopic (exact) mass is 256 g/mol. The number of rotatable bonds is 3. The second-order valence-corrected chi connectivity index (χ2v) is 4.34. The molecule has 0 aromatic heterocycles. The van der Waals surface area contributed by atoms with E-state index in [0.29, 0.717) is 0 Å². The van der Waals surface area contributed by atoms with Gasteiger partial charge in [0.1, 0.15) is 5.02 Å². The first-order chi connectivity index (χ1) is 7.84. The Morgan fingerprint density at radius 2 is 2.06 bits per heavy atom. The van der Waals surface area contributed by atoms with Crippen LogP contribution < -0.4 is 0 Å². The minimum absolute atomic E-state index is 0.0252. The van der Waals surface area contributed by atoms with Crippen molar-refractivity contribution in [2.75, 3.05) is 7.05 Å². The lowest BCUT2D eigenvalue weighted by Crippen LogP contribution is -2.32. The van der Waals surface area contributed by atoms with E-state index < -0.39 is 4.92 Å². The first-order valence-corrected chi connectivity index (χ1v) is 5.43. The summed E-state index contributed by atoms with van der Waals surface area (Å²) < 4.78 is 0. The molecule has 1 aromatic rings. The third-order valence-electron chi connectivity index (χ3n) is 2.48. The smallest absolute Gasteiger partial charge is 0.288 e. The third kappa shape index (κ3) is 2.94. The highest BCUT2D eigenvalue weighted by Gasteiger charge is 2.19. The van der Waals surface area contributed by atoms with Crippen molar-refractivity contribution in [3.8, 4) is 0 Å². The zero-order valence-electron chi connectivity index (χ0n) is 9.81. The van der Waals surface area contributed by atoms with Gasteiger partial charge in [-0.2, -0.15) is 0 Å². The molecule has 0 spiro atoms. The van der Waals surface area contributed by atoms with Gasteiger partial charge in [0.05, 0.1) is 4.92 Å². The molecule has 92 valence electrons. The summed E-state index contributed by atoms with van der Waals surface area (Å²) in [7, 11) is 1.65. The van der Waals surface area contributed by atoms with Crippen LogP contribution in [0.15, 0.2) is 18.2 Å². The molecule has 0 saturated carbocycles. The summed E-state index contributed by atoms with van der Waals surface area (Å²) in [5.74, 6) is -0.264. The van der Waals surface area contributed by atoms with Crippen LogP contribution in [0.3, 0.4) is 0 Å². The summed E-state index contributed by atoms with van der Waals surface area (Å²) in [6, 6.07) is 4.07. The molecule has 0 saturated heterocycles. The number of halogens is 1. The SMILES string of the molecule is CC(C)N(C)C(=O)c1ccc(Cl)c([N+](=O)[O-])c1. The van der Waals surface area contributed by atoms with Gasteiger partial charge >= 0.3 is 0 Å². The number of benzene rings is 1. The number of amides is 1. The summed E-state index contributed by atoms with van der Waals surface area (Å²) >= 11 is 5.67. The van der Waals surface area contributed by atoms with Gasteiger partial charge in [0.25, 0.3) is 11.6 Å². The van der Waals surface area contributed by atoms with Crippen LogP contribution in [0.2, 0.25) is 5.02 Å². The van der Waals surface area contributed by atoms with Crippen LogP contribution in [-0.4, -0.2) is 28.8 Å². The molecule has 6 heteroatoms. The molecule has 1 amide bonds. The lowest BCUT2D eigenvalue weighted by molar-refractivity contribution is -0.384. The van der Waals surface area contributed by atoms with Gasteiger partial charge in [-0.3, -0.25) is 14.9 Å². The largest absolute Gasteiger partial charge is 0.339 e. The van der Waals surface area contributed by atoms with E-state index in [0.717, 1.165) is 0 Å². The Balaban J connectivity index is 3.12. The molecule has 0 heterocycles. The Hall–Kier alpha value is -1.62. The molecule has 0 atom stereocenters. The van der Waals surface area contributed by atoms with E-state index in [1.165, 1.54) is 23.1 Å². The molecular formula is C11H13ClN2O3. The third-order valence-corrected chi connectivity index (χ3v) is 2.80. The van der Waals surface area contributed by atoms with Gasteiger partial charge in [0.15, 0.2) is 0 Å². The second kappa shape index (κ2) is 5.14. The van der Waals surface area contributed by atoms with Gasteiger partial charge in [-0.05, 0) is 26.0 Å². The van der Waals surface area contributed by atoms with Crippen molar-refractivity contribution in [2.24, 2.45) is 0 Å². The average Bonchev–Trinajstić information content (AvgIpc) is 2.27. The fourth-order valence-corrected chi connectivity index (χ4v) is 1.41. The van der Waals surface area contributed by atoms with Gasteiger partial charge in [-0.15, -0.1) is 0 Å². The minimum Gasteiger partial charge on any atom is -0.339 e. The van der Waals surface area contributed by atoms with E-state index in [1.807, 2.05) is 13.8 Å². The Kier molecular flexibility index (Phi) is 4.07. The molecule has 0 bridgehead atoms. The van der Waals surface area contributed by atoms with Gasteiger partial charge in [0, 0.05) is 24.7 Å². The van der Waals surface area contributed by atoms with Crippen molar-refractivity contribution in [3.63, 3.8) is 0 Å². The number of hydrogen-bond donors (Lipinski definition) is 0. The summed E-state index contributed by atoms with van der Waals surface area (Å²) in [4.78, 5) is 23.5. The number of nitrogens with zero attached hydrogens (tertiary/aromatic N) is 2. The normalized spacial score (nSPS) is 10.4. The van der Waals surface area contributed by atoms with Gasteiger partial charge in [-0.25, -0.2) is 0 Å². The van der Waals surface area contributed by atoms with Gasteiger partial charge < -0.3 is 4.90 Å². The molecule has 0 aliphatic heterocycles. The molecule has 0 unspecified atom stereocenters. The highest BCUT2D eigenvalue weighted by atomic mass is 35.5. The fourth-order valence-electron chi connectivity index (χ4n) is 1.22. The van der Waals surface area contributed by atoms with E-state index in [1.54, 1.807) is 7.05 Å². The second-order valence-electron chi connectivity index (χ2n) is 3.93. The number of nitro benzene ring substituents is 1. The van der Waals surface area contributed by atoms with E-state index in [4.69, 9.17) is 11.6 Å². The van der Waals surface area contributed by atoms with Crippen LogP contribution >= 0.6 is 11.6 Å². The summed E-state index contributed by atoms with van der Waals surface area (Å²) in [6.07, 6.45) is 0. The summed E-state index contributed by atoms with van der Waals surface area (Å²) in [6.45, 7) is 3.73. The number of carbonyl (C=O) groups is 1. The van der Waals surface area contributed by atoms with E-state index in [2.05, 4.69) is 0 Å². The molecule has 0 radical (unpaired) electrons. The van der Waals surface area contributed by atoms with Crippen molar-refractivity contribution in [2.45, 2.75) is 19.9 Å². The van der Waals surface area contributed by atoms with Crippen LogP contribution in [0, 0.1) is 10.1 Å². The highest BCUT2D eigenvalue weighted by molar-refractivity contribution is 6.32. The predicted octanol–water partition coefficient (Wildman–Crippen LogP) is 2.73. The number of carbonyl (C=O) groups excluding carboxylic acids is 1. The topological polar surface area (TPSA) is 63.5 Å². The van der Waals surface area contributed by atoms with E-state index in [9.17, 15) is 14.9 Å². The molecule has 0 N–H and O–H groups in total. The molecule has 1 rings (SSSR count). The highest BCUT2D eigenvalue weighted by Crippen LogP contribution is 2.25. The maximum Gasteiger partial charge on any atom is 0.288 e. The first-order valence-electron chi connectivity index (χ1n) is 5.05.